The number of nitrogen functional groups attached to an aromatic ring is 2. The summed E-state index contributed by atoms with van der Waals surface area (Å²) in [5.41, 5.74) is 12.2. The molecule has 0 aromatic carbocycles. The van der Waals surface area contributed by atoms with Crippen LogP contribution < -0.4 is 16.3 Å². The summed E-state index contributed by atoms with van der Waals surface area (Å²) in [5.74, 6) is 0.490. The number of rotatable bonds is 2. The first-order chi connectivity index (χ1) is 6.25. The predicted octanol–water partition coefficient (Wildman–Crippen LogP) is 1.32. The summed E-state index contributed by atoms with van der Waals surface area (Å²) in [6.07, 6.45) is 0. The van der Waals surface area contributed by atoms with Crippen molar-refractivity contribution >= 4 is 33.1 Å². The Morgan fingerprint density at radius 3 is 3.00 bits per heavy atom. The van der Waals surface area contributed by atoms with Crippen LogP contribution in [0.15, 0.2) is 11.4 Å². The Morgan fingerprint density at radius 1 is 1.54 bits per heavy atom. The Labute approximate surface area is 79.6 Å². The second-order valence-corrected chi connectivity index (χ2v) is 3.55. The lowest BCUT2D eigenvalue weighted by molar-refractivity contribution is 0.138. The van der Waals surface area contributed by atoms with Gasteiger partial charge in [0.25, 0.3) is 0 Å². The van der Waals surface area contributed by atoms with Gasteiger partial charge in [-0.2, -0.15) is 4.73 Å². The zero-order chi connectivity index (χ0) is 9.42. The van der Waals surface area contributed by atoms with Crippen LogP contribution in [0.3, 0.4) is 0 Å². The van der Waals surface area contributed by atoms with E-state index in [1.165, 1.54) is 0 Å². The fourth-order valence-corrected chi connectivity index (χ4v) is 2.16. The lowest BCUT2D eigenvalue weighted by Gasteiger charge is -2.05. The number of aromatic nitrogens is 1. The van der Waals surface area contributed by atoms with Gasteiger partial charge in [-0.1, -0.05) is 0 Å². The first kappa shape index (κ1) is 8.25. The van der Waals surface area contributed by atoms with Crippen LogP contribution in [-0.2, 0) is 0 Å². The fourth-order valence-electron chi connectivity index (χ4n) is 1.28. The van der Waals surface area contributed by atoms with E-state index in [-0.39, 0.29) is 0 Å². The summed E-state index contributed by atoms with van der Waals surface area (Å²) in [4.78, 5) is 6.32. The van der Waals surface area contributed by atoms with E-state index in [0.717, 1.165) is 10.2 Å². The minimum absolute atomic E-state index is 0.490. The van der Waals surface area contributed by atoms with Gasteiger partial charge in [0, 0.05) is 5.39 Å². The summed E-state index contributed by atoms with van der Waals surface area (Å²) >= 11 is 1.57. The molecule has 2 aromatic heterocycles. The number of nitrogens with two attached hydrogens (primary N) is 2. The highest BCUT2D eigenvalue weighted by Crippen LogP contribution is 2.33. The summed E-state index contributed by atoms with van der Waals surface area (Å²) in [5, 5.41) is 2.94. The number of nitrogens with zero attached hydrogens (tertiary/aromatic N) is 1. The van der Waals surface area contributed by atoms with Crippen molar-refractivity contribution in [2.75, 3.05) is 18.1 Å². The maximum Gasteiger partial charge on any atom is 0.165 e. The minimum Gasteiger partial charge on any atom is -0.411 e. The van der Waals surface area contributed by atoms with Crippen molar-refractivity contribution < 1.29 is 4.84 Å². The van der Waals surface area contributed by atoms with E-state index < -0.39 is 0 Å². The van der Waals surface area contributed by atoms with E-state index >= 15 is 0 Å². The van der Waals surface area contributed by atoms with E-state index in [1.807, 2.05) is 18.4 Å². The minimum atomic E-state index is 0.490. The second-order valence-electron chi connectivity index (χ2n) is 2.65. The van der Waals surface area contributed by atoms with Gasteiger partial charge in [-0.3, -0.25) is 0 Å². The van der Waals surface area contributed by atoms with Gasteiger partial charge in [-0.05, 0) is 18.4 Å². The zero-order valence-corrected chi connectivity index (χ0v) is 8.10. The summed E-state index contributed by atoms with van der Waals surface area (Å²) < 4.78 is 1.59. The predicted molar refractivity (Wildman–Crippen MR) is 55.8 cm³/mol. The molecule has 0 aliphatic rings. The summed E-state index contributed by atoms with van der Waals surface area (Å²) in [6, 6.07) is 1.95. The molecule has 5 heteroatoms. The van der Waals surface area contributed by atoms with Crippen LogP contribution in [0.1, 0.15) is 6.92 Å². The number of fused-ring (bicyclic) bond motifs is 1. The molecule has 0 saturated carbocycles. The number of thiophene rings is 1. The molecule has 13 heavy (non-hydrogen) atoms. The highest BCUT2D eigenvalue weighted by atomic mass is 32.1. The van der Waals surface area contributed by atoms with Gasteiger partial charge in [0.05, 0.1) is 5.69 Å². The normalized spacial score (nSPS) is 10.8. The van der Waals surface area contributed by atoms with Gasteiger partial charge >= 0.3 is 0 Å². The Bertz CT molecular complexity index is 432. The molecule has 0 saturated heterocycles. The average molecular weight is 197 g/mol. The summed E-state index contributed by atoms with van der Waals surface area (Å²) in [6.45, 7) is 2.49. The van der Waals surface area contributed by atoms with Gasteiger partial charge < -0.3 is 16.3 Å². The fraction of sp³-hybridized carbons (Fsp3) is 0.250. The molecule has 0 aliphatic carbocycles. The molecule has 2 rings (SSSR count). The number of hydrogen-bond acceptors (Lipinski definition) is 4. The smallest absolute Gasteiger partial charge is 0.165 e. The second kappa shape index (κ2) is 2.85. The van der Waals surface area contributed by atoms with E-state index in [2.05, 4.69) is 0 Å². The number of anilines is 2. The molecular formula is C8H11N3OS. The van der Waals surface area contributed by atoms with Gasteiger partial charge in [-0.25, -0.2) is 0 Å². The van der Waals surface area contributed by atoms with Crippen LogP contribution in [-0.4, -0.2) is 11.3 Å². The molecule has 2 heterocycles. The summed E-state index contributed by atoms with van der Waals surface area (Å²) in [7, 11) is 0. The van der Waals surface area contributed by atoms with E-state index in [9.17, 15) is 0 Å². The van der Waals surface area contributed by atoms with Crippen LogP contribution in [0.25, 0.3) is 10.2 Å². The van der Waals surface area contributed by atoms with Crippen molar-refractivity contribution in [1.29, 1.82) is 0 Å². The van der Waals surface area contributed by atoms with Crippen molar-refractivity contribution in [3.05, 3.63) is 11.4 Å². The van der Waals surface area contributed by atoms with Gasteiger partial charge in [-0.15, -0.1) is 11.3 Å². The number of hydrogen-bond donors (Lipinski definition) is 2. The first-order valence-electron chi connectivity index (χ1n) is 4.01. The molecular weight excluding hydrogens is 186 g/mol. The van der Waals surface area contributed by atoms with Gasteiger partial charge in [0.15, 0.2) is 5.82 Å². The van der Waals surface area contributed by atoms with Crippen LogP contribution in [0, 0.1) is 0 Å². The van der Waals surface area contributed by atoms with Crippen LogP contribution in [0.2, 0.25) is 0 Å². The van der Waals surface area contributed by atoms with Crippen molar-refractivity contribution in [3.63, 3.8) is 0 Å². The molecule has 0 unspecified atom stereocenters. The monoisotopic (exact) mass is 197 g/mol. The SMILES string of the molecule is CCOn1c(N)c(N)c2ccsc21. The molecule has 70 valence electrons. The van der Waals surface area contributed by atoms with Crippen molar-refractivity contribution in [3.8, 4) is 0 Å². The molecule has 0 amide bonds. The van der Waals surface area contributed by atoms with Crippen molar-refractivity contribution in [1.82, 2.24) is 4.73 Å². The van der Waals surface area contributed by atoms with Crippen LogP contribution >= 0.6 is 11.3 Å². The van der Waals surface area contributed by atoms with Crippen molar-refractivity contribution in [2.24, 2.45) is 0 Å². The molecule has 0 fully saturated rings. The highest BCUT2D eigenvalue weighted by molar-refractivity contribution is 7.17. The third-order valence-corrected chi connectivity index (χ3v) is 2.75. The maximum absolute atomic E-state index is 5.79. The third-order valence-electron chi connectivity index (χ3n) is 1.87. The molecule has 0 atom stereocenters. The van der Waals surface area contributed by atoms with Gasteiger partial charge in [0.2, 0.25) is 0 Å². The van der Waals surface area contributed by atoms with Crippen LogP contribution in [0.5, 0.6) is 0 Å². The Balaban J connectivity index is 2.69. The highest BCUT2D eigenvalue weighted by Gasteiger charge is 2.13. The van der Waals surface area contributed by atoms with Crippen LogP contribution in [0.4, 0.5) is 11.5 Å². The molecule has 0 bridgehead atoms. The average Bonchev–Trinajstić information content (AvgIpc) is 2.66. The van der Waals surface area contributed by atoms with E-state index in [4.69, 9.17) is 16.3 Å². The molecule has 0 radical (unpaired) electrons. The molecule has 2 aromatic rings. The Morgan fingerprint density at radius 2 is 2.31 bits per heavy atom. The quantitative estimate of drug-likeness (QED) is 0.763. The lowest BCUT2D eigenvalue weighted by atomic mass is 10.3. The topological polar surface area (TPSA) is 66.2 Å². The Kier molecular flexibility index (Phi) is 1.81. The largest absolute Gasteiger partial charge is 0.411 e. The Hall–Kier alpha value is -1.36. The third kappa shape index (κ3) is 1.04. The first-order valence-corrected chi connectivity index (χ1v) is 4.89. The zero-order valence-electron chi connectivity index (χ0n) is 7.28. The van der Waals surface area contributed by atoms with E-state index in [0.29, 0.717) is 18.1 Å². The maximum atomic E-state index is 5.79. The standard InChI is InChI=1S/C8H11N3OS/c1-2-12-11-7(10)6(9)5-3-4-13-8(5)11/h3-4H,2,9-10H2,1H3. The molecule has 0 spiro atoms. The molecule has 4 nitrogen and oxygen atoms in total. The molecule has 0 aliphatic heterocycles. The van der Waals surface area contributed by atoms with Gasteiger partial charge in [0.1, 0.15) is 11.4 Å². The molecule has 4 N–H and O–H groups in total. The lowest BCUT2D eigenvalue weighted by Crippen LogP contribution is -2.12. The van der Waals surface area contributed by atoms with E-state index in [1.54, 1.807) is 16.1 Å². The van der Waals surface area contributed by atoms with Crippen molar-refractivity contribution in [2.45, 2.75) is 6.92 Å².